The highest BCUT2D eigenvalue weighted by Crippen LogP contribution is 2.10. The third-order valence-corrected chi connectivity index (χ3v) is 1.65. The molecule has 0 fully saturated rings. The molecule has 1 heterocycles. The molecular weight excluding hydrogens is 144 g/mol. The lowest BCUT2D eigenvalue weighted by molar-refractivity contribution is 1.07. The first kappa shape index (κ1) is 9.43. The second kappa shape index (κ2) is 5.23. The molecule has 1 rings (SSSR count). The molecule has 0 saturated heterocycles. The van der Waals surface area contributed by atoms with Crippen LogP contribution in [-0.2, 0) is 6.42 Å². The number of hydrogen-bond acceptors (Lipinski definition) is 3. The molecule has 1 aromatic rings. The summed E-state index contributed by atoms with van der Waals surface area (Å²) in [4.78, 5) is 4.03. The molecule has 2 nitrogen and oxygen atoms in total. The Kier molecular flexibility index (Phi) is 4.94. The van der Waals surface area contributed by atoms with Crippen LogP contribution in [0.2, 0.25) is 0 Å². The van der Waals surface area contributed by atoms with Gasteiger partial charge in [0.25, 0.3) is 0 Å². The van der Waals surface area contributed by atoms with Gasteiger partial charge in [0.2, 0.25) is 0 Å². The molecule has 0 spiro atoms. The molecule has 1 aromatic heterocycles. The number of aryl methyl sites for hydroxylation is 1. The predicted octanol–water partition coefficient (Wildman–Crippen LogP) is 2.31. The third-order valence-electron chi connectivity index (χ3n) is 0.932. The number of rotatable bonds is 1. The second-order valence-electron chi connectivity index (χ2n) is 1.53. The van der Waals surface area contributed by atoms with Crippen LogP contribution in [0.3, 0.4) is 0 Å². The van der Waals surface area contributed by atoms with Gasteiger partial charge in [0, 0.05) is 5.38 Å². The van der Waals surface area contributed by atoms with Crippen LogP contribution in [-0.4, -0.2) is 4.98 Å². The molecule has 0 atom stereocenters. The van der Waals surface area contributed by atoms with Crippen LogP contribution >= 0.6 is 11.3 Å². The number of nitrogen functional groups attached to an aromatic ring is 1. The second-order valence-corrected chi connectivity index (χ2v) is 2.42. The molecule has 2 N–H and O–H groups in total. The molecule has 0 amide bonds. The van der Waals surface area contributed by atoms with Crippen molar-refractivity contribution in [3.05, 3.63) is 11.1 Å². The maximum atomic E-state index is 5.36. The highest BCUT2D eigenvalue weighted by atomic mass is 32.1. The monoisotopic (exact) mass is 158 g/mol. The summed E-state index contributed by atoms with van der Waals surface area (Å²) in [7, 11) is 0. The Bertz CT molecular complexity index is 172. The van der Waals surface area contributed by atoms with Gasteiger partial charge < -0.3 is 5.73 Å². The van der Waals surface area contributed by atoms with Crippen molar-refractivity contribution >= 4 is 16.5 Å². The zero-order valence-electron chi connectivity index (χ0n) is 6.72. The Morgan fingerprint density at radius 2 is 2.20 bits per heavy atom. The van der Waals surface area contributed by atoms with E-state index in [-0.39, 0.29) is 0 Å². The van der Waals surface area contributed by atoms with Crippen LogP contribution < -0.4 is 5.73 Å². The normalized spacial score (nSPS) is 8.30. The molecule has 0 aromatic carbocycles. The Morgan fingerprint density at radius 3 is 2.40 bits per heavy atom. The van der Waals surface area contributed by atoms with Crippen molar-refractivity contribution in [2.45, 2.75) is 27.2 Å². The molecule has 58 valence electrons. The number of nitrogens with zero attached hydrogens (tertiary/aromatic N) is 1. The van der Waals surface area contributed by atoms with Crippen LogP contribution in [0.5, 0.6) is 0 Å². The summed E-state index contributed by atoms with van der Waals surface area (Å²) in [6.45, 7) is 6.06. The van der Waals surface area contributed by atoms with Crippen LogP contribution in [0.4, 0.5) is 5.13 Å². The fourth-order valence-corrected chi connectivity index (χ4v) is 1.13. The van der Waals surface area contributed by atoms with Gasteiger partial charge in [0.15, 0.2) is 5.13 Å². The molecule has 0 radical (unpaired) electrons. The van der Waals surface area contributed by atoms with Gasteiger partial charge in [-0.05, 0) is 6.42 Å². The third kappa shape index (κ3) is 2.82. The number of thiazole rings is 1. The number of anilines is 1. The lowest BCUT2D eigenvalue weighted by Crippen LogP contribution is -1.83. The van der Waals surface area contributed by atoms with Crippen LogP contribution in [0.25, 0.3) is 0 Å². The van der Waals surface area contributed by atoms with Crippen LogP contribution in [0.15, 0.2) is 5.38 Å². The van der Waals surface area contributed by atoms with E-state index in [1.54, 1.807) is 0 Å². The van der Waals surface area contributed by atoms with E-state index in [0.29, 0.717) is 5.13 Å². The van der Waals surface area contributed by atoms with Gasteiger partial charge in [0.1, 0.15) is 0 Å². The van der Waals surface area contributed by atoms with E-state index in [0.717, 1.165) is 12.1 Å². The van der Waals surface area contributed by atoms with Crippen molar-refractivity contribution < 1.29 is 0 Å². The van der Waals surface area contributed by atoms with Crippen molar-refractivity contribution in [3.8, 4) is 0 Å². The summed E-state index contributed by atoms with van der Waals surface area (Å²) in [6, 6.07) is 0. The van der Waals surface area contributed by atoms with Gasteiger partial charge in [-0.15, -0.1) is 11.3 Å². The van der Waals surface area contributed by atoms with E-state index >= 15 is 0 Å². The zero-order valence-corrected chi connectivity index (χ0v) is 7.53. The number of hydrogen-bond donors (Lipinski definition) is 1. The fraction of sp³-hybridized carbons (Fsp3) is 0.571. The highest BCUT2D eigenvalue weighted by Gasteiger charge is 1.91. The predicted molar refractivity (Wildman–Crippen MR) is 47.3 cm³/mol. The molecule has 0 aliphatic rings. The van der Waals surface area contributed by atoms with Gasteiger partial charge in [-0.25, -0.2) is 4.98 Å². The topological polar surface area (TPSA) is 38.9 Å². The van der Waals surface area contributed by atoms with Crippen molar-refractivity contribution in [2.75, 3.05) is 5.73 Å². The Hall–Kier alpha value is -0.570. The summed E-state index contributed by atoms with van der Waals surface area (Å²) >= 11 is 1.50. The van der Waals surface area contributed by atoms with Gasteiger partial charge in [-0.3, -0.25) is 0 Å². The van der Waals surface area contributed by atoms with E-state index < -0.39 is 0 Å². The molecule has 3 heteroatoms. The molecule has 0 bridgehead atoms. The number of aromatic nitrogens is 1. The van der Waals surface area contributed by atoms with Gasteiger partial charge >= 0.3 is 0 Å². The summed E-state index contributed by atoms with van der Waals surface area (Å²) in [5.41, 5.74) is 6.45. The Balaban J connectivity index is 0.000000371. The van der Waals surface area contributed by atoms with Crippen LogP contribution in [0, 0.1) is 0 Å². The summed E-state index contributed by atoms with van der Waals surface area (Å²) < 4.78 is 0. The average Bonchev–Trinajstić information content (AvgIpc) is 2.40. The van der Waals surface area contributed by atoms with Crippen molar-refractivity contribution in [1.82, 2.24) is 4.98 Å². The summed E-state index contributed by atoms with van der Waals surface area (Å²) in [5, 5.41) is 2.65. The van der Waals surface area contributed by atoms with Crippen LogP contribution in [0.1, 0.15) is 26.5 Å². The first-order chi connectivity index (χ1) is 4.83. The number of nitrogens with two attached hydrogens (primary N) is 1. The standard InChI is InChI=1S/C5H8N2S.C2H6/c1-2-4-3-8-5(6)7-4;1-2/h3H,2H2,1H3,(H2,6,7);1-2H3. The summed E-state index contributed by atoms with van der Waals surface area (Å²) in [5.74, 6) is 0. The minimum Gasteiger partial charge on any atom is -0.375 e. The smallest absolute Gasteiger partial charge is 0.180 e. The van der Waals surface area contributed by atoms with Gasteiger partial charge in [0.05, 0.1) is 5.69 Å². The largest absolute Gasteiger partial charge is 0.375 e. The van der Waals surface area contributed by atoms with E-state index in [2.05, 4.69) is 11.9 Å². The fourth-order valence-electron chi connectivity index (χ4n) is 0.485. The maximum absolute atomic E-state index is 5.36. The highest BCUT2D eigenvalue weighted by molar-refractivity contribution is 7.13. The molecule has 0 aliphatic carbocycles. The molecule has 10 heavy (non-hydrogen) atoms. The molecule has 0 saturated carbocycles. The SMILES string of the molecule is CC.CCc1csc(N)n1. The van der Waals surface area contributed by atoms with E-state index in [4.69, 9.17) is 5.73 Å². The molecular formula is C7H14N2S. The lowest BCUT2D eigenvalue weighted by atomic mass is 10.4. The zero-order chi connectivity index (χ0) is 7.98. The van der Waals surface area contributed by atoms with Gasteiger partial charge in [-0.1, -0.05) is 20.8 Å². The quantitative estimate of drug-likeness (QED) is 0.681. The van der Waals surface area contributed by atoms with Crippen molar-refractivity contribution in [1.29, 1.82) is 0 Å². The Morgan fingerprint density at radius 1 is 1.60 bits per heavy atom. The minimum absolute atomic E-state index is 0.668. The average molecular weight is 158 g/mol. The lowest BCUT2D eigenvalue weighted by Gasteiger charge is -1.79. The van der Waals surface area contributed by atoms with E-state index in [1.165, 1.54) is 11.3 Å². The van der Waals surface area contributed by atoms with Crippen molar-refractivity contribution in [3.63, 3.8) is 0 Å². The van der Waals surface area contributed by atoms with E-state index in [9.17, 15) is 0 Å². The van der Waals surface area contributed by atoms with Gasteiger partial charge in [-0.2, -0.15) is 0 Å². The van der Waals surface area contributed by atoms with Crippen molar-refractivity contribution in [2.24, 2.45) is 0 Å². The van der Waals surface area contributed by atoms with E-state index in [1.807, 2.05) is 19.2 Å². The maximum Gasteiger partial charge on any atom is 0.180 e. The molecule has 0 aliphatic heterocycles. The first-order valence-electron chi connectivity index (χ1n) is 3.53. The minimum atomic E-state index is 0.668. The Labute approximate surface area is 66.1 Å². The first-order valence-corrected chi connectivity index (χ1v) is 4.40. The summed E-state index contributed by atoms with van der Waals surface area (Å²) in [6.07, 6.45) is 0.980. The molecule has 0 unspecified atom stereocenters.